The van der Waals surface area contributed by atoms with E-state index in [4.69, 9.17) is 9.94 Å². The van der Waals surface area contributed by atoms with Gasteiger partial charge in [0.15, 0.2) is 5.84 Å². The van der Waals surface area contributed by atoms with Crippen LogP contribution in [0.2, 0.25) is 0 Å². The minimum Gasteiger partial charge on any atom is -0.406 e. The fraction of sp³-hybridized carbons (Fsp3) is 0.286. The van der Waals surface area contributed by atoms with Crippen LogP contribution in [0.1, 0.15) is 29.0 Å². The second-order valence-corrected chi connectivity index (χ2v) is 8.15. The molecular weight excluding hydrogens is 473 g/mol. The minimum absolute atomic E-state index is 0.0636. The average molecular weight is 494 g/mol. The summed E-state index contributed by atoms with van der Waals surface area (Å²) < 4.78 is 45.7. The number of hydrogen-bond donors (Lipinski definition) is 3. The van der Waals surface area contributed by atoms with Gasteiger partial charge in [0.2, 0.25) is 5.82 Å². The summed E-state index contributed by atoms with van der Waals surface area (Å²) in [6.07, 6.45) is -5.48. The predicted octanol–water partition coefficient (Wildman–Crippen LogP) is 3.10. The van der Waals surface area contributed by atoms with E-state index in [1.165, 1.54) is 36.2 Å². The van der Waals surface area contributed by atoms with Gasteiger partial charge in [-0.15, -0.1) is 18.3 Å². The van der Waals surface area contributed by atoms with Gasteiger partial charge in [0.05, 0.1) is 13.2 Å². The summed E-state index contributed by atoms with van der Waals surface area (Å²) >= 11 is 1.44. The molecule has 13 heteroatoms. The number of aryl methyl sites for hydroxylation is 1. The summed E-state index contributed by atoms with van der Waals surface area (Å²) in [6.45, 7) is 2.88. The number of alkyl halides is 3. The summed E-state index contributed by atoms with van der Waals surface area (Å²) in [5.74, 6) is 1.08. The van der Waals surface area contributed by atoms with Crippen molar-refractivity contribution in [3.8, 4) is 5.75 Å². The van der Waals surface area contributed by atoms with Gasteiger partial charge in [-0.25, -0.2) is 9.67 Å². The highest BCUT2D eigenvalue weighted by atomic mass is 32.2. The van der Waals surface area contributed by atoms with E-state index in [9.17, 15) is 13.2 Å². The smallest absolute Gasteiger partial charge is 0.406 e. The number of nitrogens with one attached hydrogen (secondary N) is 2. The maximum absolute atomic E-state index is 12.3. The third-order valence-corrected chi connectivity index (χ3v) is 5.46. The molecule has 1 unspecified atom stereocenters. The van der Waals surface area contributed by atoms with Gasteiger partial charge in [-0.2, -0.15) is 0 Å². The van der Waals surface area contributed by atoms with Crippen molar-refractivity contribution >= 4 is 17.8 Å². The Bertz CT molecular complexity index is 1150. The largest absolute Gasteiger partial charge is 0.573 e. The molecular formula is C21H21F3N6O3S. The van der Waals surface area contributed by atoms with Crippen molar-refractivity contribution in [3.63, 3.8) is 0 Å². The Kier molecular flexibility index (Phi) is 7.24. The number of amidine groups is 1. The van der Waals surface area contributed by atoms with Crippen molar-refractivity contribution < 1.29 is 27.9 Å². The second-order valence-electron chi connectivity index (χ2n) is 7.18. The molecule has 1 aliphatic heterocycles. The van der Waals surface area contributed by atoms with E-state index in [1.807, 2.05) is 31.2 Å². The van der Waals surface area contributed by atoms with Gasteiger partial charge >= 0.3 is 6.36 Å². The Labute approximate surface area is 197 Å². The van der Waals surface area contributed by atoms with E-state index in [0.29, 0.717) is 36.1 Å². The highest BCUT2D eigenvalue weighted by Gasteiger charge is 2.31. The van der Waals surface area contributed by atoms with Gasteiger partial charge in [-0.05, 0) is 60.8 Å². The number of nitrogens with zero attached hydrogens (tertiary/aromatic N) is 4. The third kappa shape index (κ3) is 6.18. The van der Waals surface area contributed by atoms with Crippen LogP contribution in [-0.2, 0) is 11.4 Å². The van der Waals surface area contributed by atoms with Crippen molar-refractivity contribution in [2.24, 2.45) is 5.16 Å². The second kappa shape index (κ2) is 10.3. The van der Waals surface area contributed by atoms with Crippen LogP contribution in [0.3, 0.4) is 0 Å². The molecule has 0 amide bonds. The highest BCUT2D eigenvalue weighted by molar-refractivity contribution is 7.97. The number of aromatic nitrogens is 3. The quantitative estimate of drug-likeness (QED) is 0.308. The molecule has 0 saturated carbocycles. The van der Waals surface area contributed by atoms with E-state index in [1.54, 1.807) is 4.68 Å². The van der Waals surface area contributed by atoms with E-state index in [2.05, 4.69) is 30.0 Å². The maximum Gasteiger partial charge on any atom is 0.573 e. The molecule has 1 aromatic heterocycles. The normalized spacial score (nSPS) is 15.6. The van der Waals surface area contributed by atoms with Crippen LogP contribution in [0.25, 0.3) is 0 Å². The maximum atomic E-state index is 12.3. The molecule has 4 rings (SSSR count). The lowest BCUT2D eigenvalue weighted by Crippen LogP contribution is -2.24. The molecule has 180 valence electrons. The number of rotatable bonds is 9. The molecule has 3 N–H and O–H groups in total. The standard InChI is InChI=1S/C21H21F3N6O3S/c1-13-26-19(28-30(13)12-14-3-2-4-17(11-14)34-25-9-10-31)20-27-18(29-33-20)15-5-7-16(8-6-15)32-21(22,23)24/h2-8,11,20,25,31H,9-10,12H2,1H3,(H,27,29). The first-order chi connectivity index (χ1) is 16.3. The summed E-state index contributed by atoms with van der Waals surface area (Å²) in [7, 11) is 0. The molecule has 0 bridgehead atoms. The Morgan fingerprint density at radius 2 is 2.03 bits per heavy atom. The number of hydrogen-bond acceptors (Lipinski definition) is 9. The molecule has 9 nitrogen and oxygen atoms in total. The molecule has 0 radical (unpaired) electrons. The monoisotopic (exact) mass is 494 g/mol. The van der Waals surface area contributed by atoms with Crippen LogP contribution in [0, 0.1) is 6.92 Å². The predicted molar refractivity (Wildman–Crippen MR) is 118 cm³/mol. The molecule has 1 atom stereocenters. The zero-order chi connectivity index (χ0) is 24.1. The van der Waals surface area contributed by atoms with Crippen molar-refractivity contribution in [2.75, 3.05) is 13.2 Å². The lowest BCUT2D eigenvalue weighted by molar-refractivity contribution is -0.274. The first kappa shape index (κ1) is 23.9. The SMILES string of the molecule is Cc1nc(C2NC(c3ccc(OC(F)(F)F)cc3)=NO2)nn1Cc1cccc(SNCCO)c1. The van der Waals surface area contributed by atoms with Crippen LogP contribution in [0.5, 0.6) is 5.75 Å². The molecule has 2 heterocycles. The summed E-state index contributed by atoms with van der Waals surface area (Å²) in [5.41, 5.74) is 1.55. The molecule has 0 aliphatic carbocycles. The highest BCUT2D eigenvalue weighted by Crippen LogP contribution is 2.24. The molecule has 0 fully saturated rings. The van der Waals surface area contributed by atoms with Gasteiger partial charge in [-0.1, -0.05) is 17.3 Å². The van der Waals surface area contributed by atoms with Crippen LogP contribution in [0.4, 0.5) is 13.2 Å². The van der Waals surface area contributed by atoms with Crippen LogP contribution in [0.15, 0.2) is 58.6 Å². The van der Waals surface area contributed by atoms with Crippen LogP contribution >= 0.6 is 11.9 Å². The van der Waals surface area contributed by atoms with Gasteiger partial charge < -0.3 is 20.0 Å². The van der Waals surface area contributed by atoms with E-state index < -0.39 is 12.6 Å². The van der Waals surface area contributed by atoms with Gasteiger partial charge in [0, 0.05) is 17.0 Å². The lowest BCUT2D eigenvalue weighted by atomic mass is 10.2. The van der Waals surface area contributed by atoms with Gasteiger partial charge in [-0.3, -0.25) is 4.72 Å². The van der Waals surface area contributed by atoms with E-state index in [0.717, 1.165) is 10.5 Å². The Hall–Kier alpha value is -3.29. The molecule has 34 heavy (non-hydrogen) atoms. The van der Waals surface area contributed by atoms with Gasteiger partial charge in [0.25, 0.3) is 6.23 Å². The summed E-state index contributed by atoms with van der Waals surface area (Å²) in [4.78, 5) is 10.9. The number of halogens is 3. The van der Waals surface area contributed by atoms with Crippen LogP contribution < -0.4 is 14.8 Å². The Morgan fingerprint density at radius 3 is 2.76 bits per heavy atom. The molecule has 2 aromatic carbocycles. The molecule has 0 saturated heterocycles. The summed E-state index contributed by atoms with van der Waals surface area (Å²) in [5, 5.41) is 20.4. The molecule has 1 aliphatic rings. The third-order valence-electron chi connectivity index (χ3n) is 4.62. The lowest BCUT2D eigenvalue weighted by Gasteiger charge is -2.09. The van der Waals surface area contributed by atoms with E-state index in [-0.39, 0.29) is 12.4 Å². The molecule has 0 spiro atoms. The number of aliphatic hydroxyl groups excluding tert-OH is 1. The fourth-order valence-electron chi connectivity index (χ4n) is 3.11. The van der Waals surface area contributed by atoms with E-state index >= 15 is 0 Å². The summed E-state index contributed by atoms with van der Waals surface area (Å²) in [6, 6.07) is 13.2. The topological polar surface area (TPSA) is 106 Å². The molecule has 3 aromatic rings. The fourth-order valence-corrected chi connectivity index (χ4v) is 3.82. The number of oxime groups is 1. The minimum atomic E-state index is -4.75. The van der Waals surface area contributed by atoms with Crippen molar-refractivity contribution in [1.82, 2.24) is 24.8 Å². The zero-order valence-corrected chi connectivity index (χ0v) is 18.7. The van der Waals surface area contributed by atoms with Crippen molar-refractivity contribution in [1.29, 1.82) is 0 Å². The average Bonchev–Trinajstić information content (AvgIpc) is 3.41. The zero-order valence-electron chi connectivity index (χ0n) is 17.9. The Morgan fingerprint density at radius 1 is 1.24 bits per heavy atom. The van der Waals surface area contributed by atoms with Crippen molar-refractivity contribution in [2.45, 2.75) is 31.0 Å². The first-order valence-corrected chi connectivity index (χ1v) is 11.0. The number of benzene rings is 2. The Balaban J connectivity index is 1.38. The number of ether oxygens (including phenoxy) is 1. The van der Waals surface area contributed by atoms with Crippen LogP contribution in [-0.4, -0.2) is 45.2 Å². The van der Waals surface area contributed by atoms with Crippen molar-refractivity contribution in [3.05, 3.63) is 71.3 Å². The first-order valence-electron chi connectivity index (χ1n) is 10.2. The number of aliphatic hydroxyl groups is 1. The van der Waals surface area contributed by atoms with Gasteiger partial charge in [0.1, 0.15) is 11.6 Å².